The summed E-state index contributed by atoms with van der Waals surface area (Å²) in [5.74, 6) is 0.283. The molecule has 0 aromatic heterocycles. The second-order valence-corrected chi connectivity index (χ2v) is 5.44. The highest BCUT2D eigenvalue weighted by Gasteiger charge is 2.45. The summed E-state index contributed by atoms with van der Waals surface area (Å²) in [5.41, 5.74) is 9.28. The Hall–Kier alpha value is -0.730. The molecule has 0 bridgehead atoms. The highest BCUT2D eigenvalue weighted by atomic mass is 35.5. The highest BCUT2D eigenvalue weighted by Crippen LogP contribution is 2.53. The third-order valence-corrected chi connectivity index (χ3v) is 4.53. The summed E-state index contributed by atoms with van der Waals surface area (Å²) in [6, 6.07) is 2.14. The number of nitrogens with two attached hydrogens (primary N) is 1. The van der Waals surface area contributed by atoms with Crippen molar-refractivity contribution in [1.29, 1.82) is 0 Å². The van der Waals surface area contributed by atoms with Crippen LogP contribution in [-0.2, 0) is 18.3 Å². The molecule has 3 rings (SSSR count). The van der Waals surface area contributed by atoms with Gasteiger partial charge in [-0.1, -0.05) is 17.7 Å². The Morgan fingerprint density at radius 2 is 2.12 bits per heavy atom. The Labute approximate surface area is 100 Å². The number of phenols is 1. The van der Waals surface area contributed by atoms with Crippen molar-refractivity contribution in [2.75, 3.05) is 6.54 Å². The van der Waals surface area contributed by atoms with Crippen molar-refractivity contribution in [2.24, 2.45) is 5.73 Å². The molecule has 0 aliphatic heterocycles. The van der Waals surface area contributed by atoms with Gasteiger partial charge in [0.1, 0.15) is 5.75 Å². The first kappa shape index (κ1) is 10.4. The zero-order valence-corrected chi connectivity index (χ0v) is 9.98. The van der Waals surface area contributed by atoms with Gasteiger partial charge in [0.2, 0.25) is 0 Å². The molecular weight excluding hydrogens is 222 g/mol. The highest BCUT2D eigenvalue weighted by molar-refractivity contribution is 6.33. The van der Waals surface area contributed by atoms with Gasteiger partial charge >= 0.3 is 0 Å². The standard InChI is InChI=1S/C13H16ClNO/c14-11-9-3-1-2-8(9)6-10(12(11)16)13(7-15)4-5-13/h6,16H,1-5,7,15H2. The van der Waals surface area contributed by atoms with E-state index in [9.17, 15) is 5.11 Å². The molecule has 3 N–H and O–H groups in total. The van der Waals surface area contributed by atoms with Crippen LogP contribution < -0.4 is 5.73 Å². The van der Waals surface area contributed by atoms with Crippen molar-refractivity contribution in [1.82, 2.24) is 0 Å². The zero-order valence-electron chi connectivity index (χ0n) is 9.22. The number of phenolic OH excluding ortho intramolecular Hbond substituents is 1. The number of rotatable bonds is 2. The zero-order chi connectivity index (χ0) is 11.3. The summed E-state index contributed by atoms with van der Waals surface area (Å²) in [5, 5.41) is 10.8. The predicted molar refractivity (Wildman–Crippen MR) is 65.1 cm³/mol. The molecular formula is C13H16ClNO. The minimum absolute atomic E-state index is 0.0192. The molecule has 2 nitrogen and oxygen atoms in total. The van der Waals surface area contributed by atoms with E-state index in [4.69, 9.17) is 17.3 Å². The number of aromatic hydroxyl groups is 1. The summed E-state index contributed by atoms with van der Waals surface area (Å²) in [6.07, 6.45) is 5.38. The van der Waals surface area contributed by atoms with Gasteiger partial charge in [-0.05, 0) is 43.2 Å². The molecule has 1 aromatic rings. The van der Waals surface area contributed by atoms with Crippen LogP contribution in [0.15, 0.2) is 6.07 Å². The molecule has 1 saturated carbocycles. The summed E-state index contributed by atoms with van der Waals surface area (Å²) in [6.45, 7) is 0.607. The number of benzene rings is 1. The van der Waals surface area contributed by atoms with Gasteiger partial charge in [-0.25, -0.2) is 0 Å². The quantitative estimate of drug-likeness (QED) is 0.830. The van der Waals surface area contributed by atoms with E-state index in [0.717, 1.165) is 43.2 Å². The smallest absolute Gasteiger partial charge is 0.138 e. The lowest BCUT2D eigenvalue weighted by molar-refractivity contribution is 0.458. The van der Waals surface area contributed by atoms with Crippen molar-refractivity contribution in [3.63, 3.8) is 0 Å². The molecule has 16 heavy (non-hydrogen) atoms. The molecule has 0 heterocycles. The second-order valence-electron chi connectivity index (χ2n) is 5.06. The maximum Gasteiger partial charge on any atom is 0.138 e. The average Bonchev–Trinajstić information content (AvgIpc) is 2.95. The van der Waals surface area contributed by atoms with Crippen LogP contribution in [0.3, 0.4) is 0 Å². The van der Waals surface area contributed by atoms with Gasteiger partial charge < -0.3 is 10.8 Å². The Kier molecular flexibility index (Phi) is 2.20. The molecule has 0 radical (unpaired) electrons. The summed E-state index contributed by atoms with van der Waals surface area (Å²) in [4.78, 5) is 0. The number of fused-ring (bicyclic) bond motifs is 1. The Bertz CT molecular complexity index is 452. The van der Waals surface area contributed by atoms with Crippen LogP contribution in [0.2, 0.25) is 5.02 Å². The number of aryl methyl sites for hydroxylation is 1. The first-order valence-corrected chi connectivity index (χ1v) is 6.29. The van der Waals surface area contributed by atoms with E-state index in [0.29, 0.717) is 11.6 Å². The molecule has 86 valence electrons. The molecule has 2 aliphatic carbocycles. The Morgan fingerprint density at radius 1 is 1.38 bits per heavy atom. The largest absolute Gasteiger partial charge is 0.506 e. The van der Waals surface area contributed by atoms with Gasteiger partial charge in [0.25, 0.3) is 0 Å². The van der Waals surface area contributed by atoms with Gasteiger partial charge in [-0.3, -0.25) is 0 Å². The van der Waals surface area contributed by atoms with Crippen LogP contribution in [0, 0.1) is 0 Å². The fraction of sp³-hybridized carbons (Fsp3) is 0.538. The fourth-order valence-electron chi connectivity index (χ4n) is 2.82. The molecule has 0 spiro atoms. The molecule has 0 unspecified atom stereocenters. The van der Waals surface area contributed by atoms with Gasteiger partial charge in [0, 0.05) is 17.5 Å². The minimum Gasteiger partial charge on any atom is -0.506 e. The maximum atomic E-state index is 10.2. The monoisotopic (exact) mass is 237 g/mol. The van der Waals surface area contributed by atoms with E-state index in [1.807, 2.05) is 0 Å². The van der Waals surface area contributed by atoms with Crippen molar-refractivity contribution < 1.29 is 5.11 Å². The topological polar surface area (TPSA) is 46.2 Å². The molecule has 2 aliphatic rings. The average molecular weight is 238 g/mol. The molecule has 0 saturated heterocycles. The molecule has 1 fully saturated rings. The fourth-order valence-corrected chi connectivity index (χ4v) is 3.14. The summed E-state index contributed by atoms with van der Waals surface area (Å²) < 4.78 is 0. The third-order valence-electron chi connectivity index (χ3n) is 4.12. The van der Waals surface area contributed by atoms with Gasteiger partial charge in [-0.15, -0.1) is 0 Å². The van der Waals surface area contributed by atoms with Gasteiger partial charge in [0.05, 0.1) is 5.02 Å². The van der Waals surface area contributed by atoms with E-state index in [1.165, 1.54) is 5.56 Å². The van der Waals surface area contributed by atoms with Gasteiger partial charge in [-0.2, -0.15) is 0 Å². The van der Waals surface area contributed by atoms with E-state index in [2.05, 4.69) is 6.07 Å². The lowest BCUT2D eigenvalue weighted by atomic mass is 9.92. The number of hydrogen-bond donors (Lipinski definition) is 2. The van der Waals surface area contributed by atoms with Crippen LogP contribution >= 0.6 is 11.6 Å². The van der Waals surface area contributed by atoms with Crippen LogP contribution in [0.4, 0.5) is 0 Å². The lowest BCUT2D eigenvalue weighted by Crippen LogP contribution is -2.20. The molecule has 0 amide bonds. The molecule has 3 heteroatoms. The first-order valence-electron chi connectivity index (χ1n) is 5.92. The number of hydrogen-bond acceptors (Lipinski definition) is 2. The van der Waals surface area contributed by atoms with E-state index < -0.39 is 0 Å². The van der Waals surface area contributed by atoms with E-state index in [1.54, 1.807) is 0 Å². The molecule has 0 atom stereocenters. The van der Waals surface area contributed by atoms with Crippen molar-refractivity contribution in [2.45, 2.75) is 37.5 Å². The summed E-state index contributed by atoms with van der Waals surface area (Å²) in [7, 11) is 0. The van der Waals surface area contributed by atoms with Gasteiger partial charge in [0.15, 0.2) is 0 Å². The SMILES string of the molecule is NCC1(c2cc3c(c(Cl)c2O)CCC3)CC1. The van der Waals surface area contributed by atoms with E-state index >= 15 is 0 Å². The van der Waals surface area contributed by atoms with Crippen molar-refractivity contribution >= 4 is 11.6 Å². The predicted octanol–water partition coefficient (Wildman–Crippen LogP) is 2.52. The number of halogens is 1. The maximum absolute atomic E-state index is 10.2. The van der Waals surface area contributed by atoms with E-state index in [-0.39, 0.29) is 11.2 Å². The van der Waals surface area contributed by atoms with Crippen LogP contribution in [-0.4, -0.2) is 11.7 Å². The molecule has 1 aromatic carbocycles. The first-order chi connectivity index (χ1) is 7.68. The van der Waals surface area contributed by atoms with Crippen molar-refractivity contribution in [3.05, 3.63) is 27.8 Å². The Balaban J connectivity index is 2.17. The minimum atomic E-state index is 0.0192. The van der Waals surface area contributed by atoms with Crippen LogP contribution in [0.1, 0.15) is 36.0 Å². The normalized spacial score (nSPS) is 20.9. The van der Waals surface area contributed by atoms with Crippen LogP contribution in [0.25, 0.3) is 0 Å². The summed E-state index contributed by atoms with van der Waals surface area (Å²) >= 11 is 6.24. The van der Waals surface area contributed by atoms with Crippen molar-refractivity contribution in [3.8, 4) is 5.75 Å². The Morgan fingerprint density at radius 3 is 2.75 bits per heavy atom. The van der Waals surface area contributed by atoms with Crippen LogP contribution in [0.5, 0.6) is 5.75 Å². The third kappa shape index (κ3) is 1.30. The second kappa shape index (κ2) is 3.38. The lowest BCUT2D eigenvalue weighted by Gasteiger charge is -2.18.